The normalized spacial score (nSPS) is 11.3. The molecule has 0 unspecified atom stereocenters. The van der Waals surface area contributed by atoms with Crippen molar-refractivity contribution < 1.29 is 9.90 Å². The summed E-state index contributed by atoms with van der Waals surface area (Å²) in [6.45, 7) is 6.74. The van der Waals surface area contributed by atoms with Crippen molar-refractivity contribution in [2.45, 2.75) is 33.2 Å². The Morgan fingerprint density at radius 3 is 2.78 bits per heavy atom. The molecule has 5 nitrogen and oxygen atoms in total. The maximum Gasteiger partial charge on any atom is 0.335 e. The number of aromatic nitrogens is 3. The van der Waals surface area contributed by atoms with E-state index in [0.29, 0.717) is 12.1 Å². The van der Waals surface area contributed by atoms with Gasteiger partial charge >= 0.3 is 5.97 Å². The van der Waals surface area contributed by atoms with Gasteiger partial charge in [0, 0.05) is 12.1 Å². The predicted molar refractivity (Wildman–Crippen MR) is 88.9 cm³/mol. The molecule has 0 saturated carbocycles. The Hall–Kier alpha value is -2.69. The lowest BCUT2D eigenvalue weighted by atomic mass is 10.1. The Labute approximate surface area is 134 Å². The molecular weight excluding hydrogens is 290 g/mol. The fraction of sp³-hybridized carbons (Fsp3) is 0.278. The molecule has 0 aliphatic rings. The second-order valence-electron chi connectivity index (χ2n) is 6.07. The van der Waals surface area contributed by atoms with E-state index in [0.717, 1.165) is 28.1 Å². The number of nitrogens with zero attached hydrogens (tertiary/aromatic N) is 3. The molecule has 2 heterocycles. The minimum Gasteiger partial charge on any atom is -0.478 e. The lowest BCUT2D eigenvalue weighted by molar-refractivity contribution is 0.0696. The van der Waals surface area contributed by atoms with Gasteiger partial charge in [-0.05, 0) is 36.2 Å². The zero-order valence-electron chi connectivity index (χ0n) is 13.4. The number of aromatic carboxylic acids is 1. The van der Waals surface area contributed by atoms with Crippen LogP contribution in [0.2, 0.25) is 0 Å². The van der Waals surface area contributed by atoms with Crippen LogP contribution in [0.5, 0.6) is 0 Å². The fourth-order valence-electron chi connectivity index (χ4n) is 2.71. The lowest BCUT2D eigenvalue weighted by Gasteiger charge is -2.11. The van der Waals surface area contributed by atoms with Crippen molar-refractivity contribution >= 4 is 17.1 Å². The molecule has 1 aromatic carbocycles. The zero-order valence-corrected chi connectivity index (χ0v) is 13.4. The van der Waals surface area contributed by atoms with Crippen LogP contribution in [0.4, 0.5) is 0 Å². The van der Waals surface area contributed by atoms with Crippen molar-refractivity contribution in [2.75, 3.05) is 0 Å². The summed E-state index contributed by atoms with van der Waals surface area (Å²) >= 11 is 0. The topological polar surface area (TPSA) is 68.0 Å². The van der Waals surface area contributed by atoms with Gasteiger partial charge in [0.15, 0.2) is 5.65 Å². The van der Waals surface area contributed by atoms with Crippen LogP contribution >= 0.6 is 0 Å². The van der Waals surface area contributed by atoms with Crippen LogP contribution in [0.15, 0.2) is 36.5 Å². The van der Waals surface area contributed by atoms with Gasteiger partial charge in [-0.3, -0.25) is 0 Å². The standard InChI is InChI=1S/C18H19N3O2/c1-11(2)16-20-15-7-12(3)9-19-17(15)21(16)10-13-5-4-6-14(8-13)18(22)23/h4-9,11H,10H2,1-3H3,(H,22,23). The molecule has 0 aliphatic carbocycles. The quantitative estimate of drug-likeness (QED) is 0.799. The molecule has 0 atom stereocenters. The first kappa shape index (κ1) is 15.2. The highest BCUT2D eigenvalue weighted by Crippen LogP contribution is 2.22. The fourth-order valence-corrected chi connectivity index (χ4v) is 2.71. The second-order valence-corrected chi connectivity index (χ2v) is 6.07. The number of hydrogen-bond donors (Lipinski definition) is 1. The van der Waals surface area contributed by atoms with Crippen molar-refractivity contribution in [3.8, 4) is 0 Å². The highest BCUT2D eigenvalue weighted by atomic mass is 16.4. The minimum atomic E-state index is -0.917. The first-order valence-electron chi connectivity index (χ1n) is 7.60. The molecule has 23 heavy (non-hydrogen) atoms. The summed E-state index contributed by atoms with van der Waals surface area (Å²) in [6.07, 6.45) is 1.83. The highest BCUT2D eigenvalue weighted by molar-refractivity contribution is 5.87. The van der Waals surface area contributed by atoms with Crippen LogP contribution in [0.3, 0.4) is 0 Å². The first-order valence-corrected chi connectivity index (χ1v) is 7.60. The van der Waals surface area contributed by atoms with Crippen molar-refractivity contribution in [3.05, 3.63) is 59.0 Å². The predicted octanol–water partition coefficient (Wildman–Crippen LogP) is 3.61. The van der Waals surface area contributed by atoms with E-state index >= 15 is 0 Å². The molecular formula is C18H19N3O2. The molecule has 0 fully saturated rings. The Morgan fingerprint density at radius 2 is 2.09 bits per heavy atom. The average molecular weight is 309 g/mol. The maximum absolute atomic E-state index is 11.1. The Morgan fingerprint density at radius 1 is 1.30 bits per heavy atom. The number of carboxylic acids is 1. The van der Waals surface area contributed by atoms with Gasteiger partial charge < -0.3 is 9.67 Å². The number of imidazole rings is 1. The maximum atomic E-state index is 11.1. The van der Waals surface area contributed by atoms with Crippen molar-refractivity contribution in [3.63, 3.8) is 0 Å². The van der Waals surface area contributed by atoms with Gasteiger partial charge in [-0.2, -0.15) is 0 Å². The molecule has 0 amide bonds. The summed E-state index contributed by atoms with van der Waals surface area (Å²) in [4.78, 5) is 20.4. The Balaban J connectivity index is 2.10. The zero-order chi connectivity index (χ0) is 16.6. The van der Waals surface area contributed by atoms with Crippen molar-refractivity contribution in [2.24, 2.45) is 0 Å². The van der Waals surface area contributed by atoms with Crippen LogP contribution in [0.1, 0.15) is 47.1 Å². The molecule has 1 N–H and O–H groups in total. The van der Waals surface area contributed by atoms with Crippen LogP contribution in [0, 0.1) is 6.92 Å². The summed E-state index contributed by atoms with van der Waals surface area (Å²) in [7, 11) is 0. The Kier molecular flexibility index (Phi) is 3.86. The van der Waals surface area contributed by atoms with Crippen molar-refractivity contribution in [1.82, 2.24) is 14.5 Å². The largest absolute Gasteiger partial charge is 0.478 e. The molecule has 0 aliphatic heterocycles. The summed E-state index contributed by atoms with van der Waals surface area (Å²) in [5.74, 6) is 0.297. The van der Waals surface area contributed by atoms with E-state index in [4.69, 9.17) is 10.1 Å². The number of carbonyl (C=O) groups is 1. The van der Waals surface area contributed by atoms with E-state index in [1.165, 1.54) is 0 Å². The number of rotatable bonds is 4. The van der Waals surface area contributed by atoms with Gasteiger partial charge in [0.25, 0.3) is 0 Å². The number of fused-ring (bicyclic) bond motifs is 1. The molecule has 3 rings (SSSR count). The SMILES string of the molecule is Cc1cnc2c(c1)nc(C(C)C)n2Cc1cccc(C(=O)O)c1. The van der Waals surface area contributed by atoms with Crippen molar-refractivity contribution in [1.29, 1.82) is 0 Å². The summed E-state index contributed by atoms with van der Waals surface area (Å²) < 4.78 is 2.07. The third-order valence-electron chi connectivity index (χ3n) is 3.78. The van der Waals surface area contributed by atoms with E-state index in [1.807, 2.05) is 25.3 Å². The number of carboxylic acid groups (broad SMARTS) is 1. The average Bonchev–Trinajstić information content (AvgIpc) is 2.85. The monoisotopic (exact) mass is 309 g/mol. The van der Waals surface area contributed by atoms with Crippen LogP contribution in [-0.2, 0) is 6.54 Å². The third kappa shape index (κ3) is 2.95. The van der Waals surface area contributed by atoms with E-state index in [-0.39, 0.29) is 5.92 Å². The molecule has 0 saturated heterocycles. The Bertz CT molecular complexity index is 881. The number of aryl methyl sites for hydroxylation is 1. The van der Waals surface area contributed by atoms with Gasteiger partial charge in [-0.25, -0.2) is 14.8 Å². The number of benzene rings is 1. The van der Waals surface area contributed by atoms with Gasteiger partial charge in [-0.15, -0.1) is 0 Å². The molecule has 0 spiro atoms. The summed E-state index contributed by atoms with van der Waals surface area (Å²) in [5.41, 5.74) is 4.00. The first-order chi connectivity index (χ1) is 11.0. The van der Waals surface area contributed by atoms with Gasteiger partial charge in [0.1, 0.15) is 11.3 Å². The molecule has 118 valence electrons. The van der Waals surface area contributed by atoms with E-state index in [2.05, 4.69) is 23.4 Å². The van der Waals surface area contributed by atoms with Crippen LogP contribution in [-0.4, -0.2) is 25.6 Å². The number of pyridine rings is 1. The van der Waals surface area contributed by atoms with E-state index in [9.17, 15) is 4.79 Å². The van der Waals surface area contributed by atoms with Gasteiger partial charge in [-0.1, -0.05) is 26.0 Å². The molecule has 5 heteroatoms. The smallest absolute Gasteiger partial charge is 0.335 e. The summed E-state index contributed by atoms with van der Waals surface area (Å²) in [5, 5.41) is 9.15. The summed E-state index contributed by atoms with van der Waals surface area (Å²) in [6, 6.07) is 9.02. The minimum absolute atomic E-state index is 0.257. The van der Waals surface area contributed by atoms with Gasteiger partial charge in [0.2, 0.25) is 0 Å². The third-order valence-corrected chi connectivity index (χ3v) is 3.78. The molecule has 3 aromatic rings. The number of hydrogen-bond acceptors (Lipinski definition) is 3. The van der Waals surface area contributed by atoms with Crippen LogP contribution in [0.25, 0.3) is 11.2 Å². The van der Waals surface area contributed by atoms with Gasteiger partial charge in [0.05, 0.1) is 12.1 Å². The highest BCUT2D eigenvalue weighted by Gasteiger charge is 2.15. The second kappa shape index (κ2) is 5.83. The molecule has 0 bridgehead atoms. The van der Waals surface area contributed by atoms with Crippen LogP contribution < -0.4 is 0 Å². The molecule has 2 aromatic heterocycles. The lowest BCUT2D eigenvalue weighted by Crippen LogP contribution is -2.08. The molecule has 0 radical (unpaired) electrons. The van der Waals surface area contributed by atoms with E-state index in [1.54, 1.807) is 18.2 Å². The van der Waals surface area contributed by atoms with E-state index < -0.39 is 5.97 Å².